The zero-order valence-corrected chi connectivity index (χ0v) is 27.9. The van der Waals surface area contributed by atoms with Gasteiger partial charge in [-0.2, -0.15) is 0 Å². The fraction of sp³-hybridized carbons (Fsp3) is 0.102. The second-order valence-corrected chi connectivity index (χ2v) is 14.4. The Morgan fingerprint density at radius 2 is 1.10 bits per heavy atom. The van der Waals surface area contributed by atoms with Crippen molar-refractivity contribution in [1.82, 2.24) is 0 Å². The first-order chi connectivity index (χ1) is 24.1. The maximum absolute atomic E-state index is 2.48. The molecule has 0 saturated carbocycles. The number of rotatable bonds is 3. The summed E-state index contributed by atoms with van der Waals surface area (Å²) >= 11 is 0. The van der Waals surface area contributed by atoms with E-state index in [1.807, 2.05) is 0 Å². The van der Waals surface area contributed by atoms with Crippen LogP contribution in [0.15, 0.2) is 163 Å². The molecule has 0 atom stereocenters. The van der Waals surface area contributed by atoms with Crippen molar-refractivity contribution in [2.75, 3.05) is 0 Å². The second-order valence-electron chi connectivity index (χ2n) is 14.4. The molecule has 0 unspecified atom stereocenters. The maximum Gasteiger partial charge on any atom is 0.0121 e. The van der Waals surface area contributed by atoms with Gasteiger partial charge >= 0.3 is 0 Å². The van der Waals surface area contributed by atoms with Crippen LogP contribution in [0.1, 0.15) is 37.8 Å². The molecule has 0 radical (unpaired) electrons. The lowest BCUT2D eigenvalue weighted by molar-refractivity contribution is 0.607. The Hall–Kier alpha value is -5.72. The van der Waals surface area contributed by atoms with Crippen LogP contribution in [0.2, 0.25) is 0 Å². The SMILES string of the molecule is CC1(C)C2=C(C=CCC2)c2ccc(-c3ccc4c(-c5cccc6ccccc56)c5ccccc5c(-c5ccc6ccccc6c5)c4c3)cc21. The first-order valence-corrected chi connectivity index (χ1v) is 17.6. The van der Waals surface area contributed by atoms with E-state index in [1.165, 1.54) is 93.2 Å². The van der Waals surface area contributed by atoms with Gasteiger partial charge in [-0.25, -0.2) is 0 Å². The van der Waals surface area contributed by atoms with Gasteiger partial charge in [0.1, 0.15) is 0 Å². The predicted molar refractivity (Wildman–Crippen MR) is 211 cm³/mol. The molecular formula is C49H36. The molecule has 0 bridgehead atoms. The van der Waals surface area contributed by atoms with Crippen LogP contribution in [-0.4, -0.2) is 0 Å². The van der Waals surface area contributed by atoms with Gasteiger partial charge in [0.2, 0.25) is 0 Å². The number of hydrogen-bond donors (Lipinski definition) is 0. The minimum Gasteiger partial charge on any atom is -0.0836 e. The van der Waals surface area contributed by atoms with Crippen LogP contribution in [-0.2, 0) is 5.41 Å². The van der Waals surface area contributed by atoms with Crippen molar-refractivity contribution in [2.24, 2.45) is 0 Å². The molecule has 0 N–H and O–H groups in total. The summed E-state index contributed by atoms with van der Waals surface area (Å²) in [5.74, 6) is 0. The highest BCUT2D eigenvalue weighted by atomic mass is 14.4. The Morgan fingerprint density at radius 1 is 0.449 bits per heavy atom. The highest BCUT2D eigenvalue weighted by molar-refractivity contribution is 6.24. The molecule has 0 saturated heterocycles. The number of fused-ring (bicyclic) bond motifs is 6. The fourth-order valence-electron chi connectivity index (χ4n) is 8.95. The van der Waals surface area contributed by atoms with Gasteiger partial charge in [0.05, 0.1) is 0 Å². The Kier molecular flexibility index (Phi) is 6.15. The van der Waals surface area contributed by atoms with E-state index in [4.69, 9.17) is 0 Å². The molecule has 8 aromatic rings. The minimum absolute atomic E-state index is 0.0380. The van der Waals surface area contributed by atoms with Crippen LogP contribution in [0.25, 0.3) is 82.0 Å². The van der Waals surface area contributed by atoms with Gasteiger partial charge in [0, 0.05) is 5.41 Å². The molecule has 0 heteroatoms. The summed E-state index contributed by atoms with van der Waals surface area (Å²) in [7, 11) is 0. The Balaban J connectivity index is 1.28. The zero-order chi connectivity index (χ0) is 32.7. The lowest BCUT2D eigenvalue weighted by atomic mass is 9.78. The van der Waals surface area contributed by atoms with E-state index in [2.05, 4.69) is 172 Å². The molecular weight excluding hydrogens is 589 g/mol. The summed E-state index contributed by atoms with van der Waals surface area (Å²) in [6, 6.07) is 54.6. The summed E-state index contributed by atoms with van der Waals surface area (Å²) in [5.41, 5.74) is 13.6. The van der Waals surface area contributed by atoms with E-state index in [9.17, 15) is 0 Å². The van der Waals surface area contributed by atoms with Crippen molar-refractivity contribution >= 4 is 48.7 Å². The average Bonchev–Trinajstić information content (AvgIpc) is 3.38. The molecule has 2 aliphatic carbocycles. The molecule has 0 spiro atoms. The van der Waals surface area contributed by atoms with E-state index in [0.717, 1.165) is 12.8 Å². The van der Waals surface area contributed by atoms with Gasteiger partial charge in [-0.15, -0.1) is 0 Å². The van der Waals surface area contributed by atoms with Gasteiger partial charge in [-0.05, 0) is 124 Å². The molecule has 0 aromatic heterocycles. The van der Waals surface area contributed by atoms with E-state index < -0.39 is 0 Å². The van der Waals surface area contributed by atoms with Crippen LogP contribution in [0.4, 0.5) is 0 Å². The normalized spacial score (nSPS) is 15.0. The van der Waals surface area contributed by atoms with E-state index in [1.54, 1.807) is 5.57 Å². The quantitative estimate of drug-likeness (QED) is 0.172. The molecule has 49 heavy (non-hydrogen) atoms. The van der Waals surface area contributed by atoms with Crippen LogP contribution < -0.4 is 0 Å². The van der Waals surface area contributed by atoms with Crippen molar-refractivity contribution in [1.29, 1.82) is 0 Å². The molecule has 0 nitrogen and oxygen atoms in total. The van der Waals surface area contributed by atoms with Gasteiger partial charge < -0.3 is 0 Å². The monoisotopic (exact) mass is 624 g/mol. The first kappa shape index (κ1) is 28.3. The van der Waals surface area contributed by atoms with Gasteiger partial charge in [0.25, 0.3) is 0 Å². The summed E-state index contributed by atoms with van der Waals surface area (Å²) in [4.78, 5) is 0. The summed E-state index contributed by atoms with van der Waals surface area (Å²) in [6.45, 7) is 4.83. The maximum atomic E-state index is 2.48. The summed E-state index contributed by atoms with van der Waals surface area (Å²) in [5, 5.41) is 10.2. The number of hydrogen-bond acceptors (Lipinski definition) is 0. The predicted octanol–water partition coefficient (Wildman–Crippen LogP) is 13.7. The van der Waals surface area contributed by atoms with Crippen molar-refractivity contribution in [2.45, 2.75) is 32.1 Å². The lowest BCUT2D eigenvalue weighted by Crippen LogP contribution is -2.17. The van der Waals surface area contributed by atoms with E-state index in [-0.39, 0.29) is 5.41 Å². The summed E-state index contributed by atoms with van der Waals surface area (Å²) in [6.07, 6.45) is 6.99. The Labute approximate surface area is 287 Å². The Morgan fingerprint density at radius 3 is 1.96 bits per heavy atom. The fourth-order valence-corrected chi connectivity index (χ4v) is 8.95. The summed E-state index contributed by atoms with van der Waals surface area (Å²) < 4.78 is 0. The van der Waals surface area contributed by atoms with Crippen molar-refractivity contribution < 1.29 is 0 Å². The lowest BCUT2D eigenvalue weighted by Gasteiger charge is -2.26. The van der Waals surface area contributed by atoms with Crippen LogP contribution in [0.5, 0.6) is 0 Å². The van der Waals surface area contributed by atoms with Crippen molar-refractivity contribution in [3.8, 4) is 33.4 Å². The van der Waals surface area contributed by atoms with Crippen molar-refractivity contribution in [3.63, 3.8) is 0 Å². The molecule has 0 heterocycles. The standard InChI is InChI=1S/C49H36/c1-49(2)45-21-10-9-17-38(45)39-26-24-35(30-46(39)49)34-25-27-43-44(29-34)47(36-23-22-31-12-3-4-14-33(31)28-36)41-18-7-8-19-42(41)48(43)40-20-11-15-32-13-5-6-16-37(32)40/h3-9,11-20,22-30H,10,21H2,1-2H3. The van der Waals surface area contributed by atoms with Crippen LogP contribution in [0, 0.1) is 0 Å². The van der Waals surface area contributed by atoms with E-state index >= 15 is 0 Å². The van der Waals surface area contributed by atoms with Gasteiger partial charge in [-0.1, -0.05) is 159 Å². The molecule has 8 aromatic carbocycles. The highest BCUT2D eigenvalue weighted by Gasteiger charge is 2.37. The average molecular weight is 625 g/mol. The first-order valence-electron chi connectivity index (χ1n) is 17.6. The number of benzene rings is 8. The third kappa shape index (κ3) is 4.23. The minimum atomic E-state index is 0.0380. The van der Waals surface area contributed by atoms with Crippen molar-refractivity contribution in [3.05, 3.63) is 174 Å². The largest absolute Gasteiger partial charge is 0.0836 e. The molecule has 0 amide bonds. The smallest absolute Gasteiger partial charge is 0.0121 e. The zero-order valence-electron chi connectivity index (χ0n) is 27.9. The van der Waals surface area contributed by atoms with Crippen LogP contribution >= 0.6 is 0 Å². The second kappa shape index (κ2) is 10.6. The van der Waals surface area contributed by atoms with Gasteiger partial charge in [0.15, 0.2) is 0 Å². The topological polar surface area (TPSA) is 0 Å². The molecule has 2 aliphatic rings. The molecule has 0 fully saturated rings. The molecule has 0 aliphatic heterocycles. The molecule has 10 rings (SSSR count). The highest BCUT2D eigenvalue weighted by Crippen LogP contribution is 2.51. The third-order valence-corrected chi connectivity index (χ3v) is 11.4. The molecule has 232 valence electrons. The number of allylic oxidation sites excluding steroid dienone is 4. The van der Waals surface area contributed by atoms with Gasteiger partial charge in [-0.3, -0.25) is 0 Å². The third-order valence-electron chi connectivity index (χ3n) is 11.4. The Bertz CT molecular complexity index is 2730. The van der Waals surface area contributed by atoms with E-state index in [0.29, 0.717) is 0 Å². The van der Waals surface area contributed by atoms with Crippen LogP contribution in [0.3, 0.4) is 0 Å².